The second-order valence-electron chi connectivity index (χ2n) is 6.36. The molecule has 1 aliphatic rings. The lowest BCUT2D eigenvalue weighted by molar-refractivity contribution is 0.0698. The zero-order chi connectivity index (χ0) is 19.0. The molecule has 0 bridgehead atoms. The molecule has 1 unspecified atom stereocenters. The van der Waals surface area contributed by atoms with Gasteiger partial charge in [-0.25, -0.2) is 0 Å². The van der Waals surface area contributed by atoms with Gasteiger partial charge in [0.15, 0.2) is 0 Å². The van der Waals surface area contributed by atoms with Crippen molar-refractivity contribution in [2.24, 2.45) is 0 Å². The first-order valence-electron chi connectivity index (χ1n) is 8.54. The fourth-order valence-corrected chi connectivity index (χ4v) is 5.05. The number of carbonyl (C=O) groups excluding carboxylic acids is 1. The Balaban J connectivity index is 1.77. The number of fused-ring (bicyclic) bond motifs is 1. The average Bonchev–Trinajstić information content (AvgIpc) is 3.16. The number of amides is 1. The molecule has 1 amide bonds. The SMILES string of the molecule is COc1ccc(C(=O)N2CCc3ccsc3C2c2ccc(Cl)cc2Cl)cc1. The molecule has 3 aromatic rings. The molecule has 0 radical (unpaired) electrons. The Bertz CT molecular complexity index is 984. The molecule has 0 fully saturated rings. The van der Waals surface area contributed by atoms with E-state index in [9.17, 15) is 4.79 Å². The van der Waals surface area contributed by atoms with E-state index < -0.39 is 0 Å². The summed E-state index contributed by atoms with van der Waals surface area (Å²) in [6, 6.07) is 14.6. The zero-order valence-corrected chi connectivity index (χ0v) is 16.9. The Morgan fingerprint density at radius 2 is 1.93 bits per heavy atom. The van der Waals surface area contributed by atoms with Gasteiger partial charge in [-0.2, -0.15) is 0 Å². The van der Waals surface area contributed by atoms with E-state index >= 15 is 0 Å². The third-order valence-electron chi connectivity index (χ3n) is 4.82. The summed E-state index contributed by atoms with van der Waals surface area (Å²) in [5.74, 6) is 0.704. The fraction of sp³-hybridized carbons (Fsp3) is 0.190. The summed E-state index contributed by atoms with van der Waals surface area (Å²) < 4.78 is 5.19. The van der Waals surface area contributed by atoms with Crippen LogP contribution >= 0.6 is 34.5 Å². The molecule has 0 spiro atoms. The molecule has 1 aromatic heterocycles. The summed E-state index contributed by atoms with van der Waals surface area (Å²) in [5.41, 5.74) is 2.80. The molecular weight excluding hydrogens is 401 g/mol. The minimum absolute atomic E-state index is 0.0206. The van der Waals surface area contributed by atoms with Crippen molar-refractivity contribution in [3.63, 3.8) is 0 Å². The highest BCUT2D eigenvalue weighted by Crippen LogP contribution is 2.42. The van der Waals surface area contributed by atoms with Crippen LogP contribution in [0.5, 0.6) is 5.75 Å². The maximum atomic E-state index is 13.3. The van der Waals surface area contributed by atoms with Gasteiger partial charge in [0.05, 0.1) is 13.2 Å². The van der Waals surface area contributed by atoms with Crippen molar-refractivity contribution in [3.05, 3.63) is 85.5 Å². The minimum atomic E-state index is -0.215. The number of ether oxygens (including phenoxy) is 1. The van der Waals surface area contributed by atoms with Gasteiger partial charge in [-0.15, -0.1) is 11.3 Å². The average molecular weight is 418 g/mol. The first kappa shape index (κ1) is 18.4. The molecule has 0 saturated carbocycles. The summed E-state index contributed by atoms with van der Waals surface area (Å²) in [7, 11) is 1.61. The number of thiophene rings is 1. The van der Waals surface area contributed by atoms with Crippen molar-refractivity contribution in [2.45, 2.75) is 12.5 Å². The third-order valence-corrected chi connectivity index (χ3v) is 6.39. The van der Waals surface area contributed by atoms with Crippen LogP contribution in [0.1, 0.15) is 32.4 Å². The number of hydrogen-bond acceptors (Lipinski definition) is 3. The van der Waals surface area contributed by atoms with Crippen LogP contribution in [0.4, 0.5) is 0 Å². The molecule has 1 atom stereocenters. The molecular formula is C21H17Cl2NO2S. The maximum absolute atomic E-state index is 13.3. The number of hydrogen-bond donors (Lipinski definition) is 0. The second kappa shape index (κ2) is 7.55. The van der Waals surface area contributed by atoms with E-state index in [4.69, 9.17) is 27.9 Å². The number of benzene rings is 2. The molecule has 0 N–H and O–H groups in total. The summed E-state index contributed by atoms with van der Waals surface area (Å²) >= 11 is 14.3. The van der Waals surface area contributed by atoms with E-state index in [1.54, 1.807) is 48.8 Å². The number of halogens is 2. The van der Waals surface area contributed by atoms with Gasteiger partial charge in [0.2, 0.25) is 0 Å². The van der Waals surface area contributed by atoms with Crippen LogP contribution in [0.25, 0.3) is 0 Å². The molecule has 27 heavy (non-hydrogen) atoms. The quantitative estimate of drug-likeness (QED) is 0.534. The van der Waals surface area contributed by atoms with Gasteiger partial charge in [0, 0.05) is 27.0 Å². The lowest BCUT2D eigenvalue weighted by Gasteiger charge is -2.36. The highest BCUT2D eigenvalue weighted by atomic mass is 35.5. The van der Waals surface area contributed by atoms with Crippen LogP contribution in [0.3, 0.4) is 0 Å². The normalized spacial score (nSPS) is 16.1. The summed E-state index contributed by atoms with van der Waals surface area (Å²) in [4.78, 5) is 16.4. The van der Waals surface area contributed by atoms with Gasteiger partial charge in [-0.05, 0) is 65.4 Å². The largest absolute Gasteiger partial charge is 0.497 e. The monoisotopic (exact) mass is 417 g/mol. The number of carbonyl (C=O) groups is 1. The van der Waals surface area contributed by atoms with Gasteiger partial charge in [0.25, 0.3) is 5.91 Å². The van der Waals surface area contributed by atoms with Crippen molar-refractivity contribution >= 4 is 40.4 Å². The molecule has 6 heteroatoms. The standard InChI is InChI=1S/C21H17Cl2NO2S/c1-26-16-5-2-14(3-6-16)21(25)24-10-8-13-9-11-27-20(13)19(24)17-7-4-15(22)12-18(17)23/h2-7,9,11-12,19H,8,10H2,1H3. The van der Waals surface area contributed by atoms with Crippen LogP contribution in [-0.4, -0.2) is 24.5 Å². The molecule has 138 valence electrons. The van der Waals surface area contributed by atoms with Gasteiger partial charge >= 0.3 is 0 Å². The zero-order valence-electron chi connectivity index (χ0n) is 14.6. The van der Waals surface area contributed by atoms with Gasteiger partial charge in [-0.3, -0.25) is 4.79 Å². The lowest BCUT2D eigenvalue weighted by atomic mass is 9.94. The molecule has 0 saturated heterocycles. The Morgan fingerprint density at radius 3 is 2.63 bits per heavy atom. The van der Waals surface area contributed by atoms with Gasteiger partial charge in [-0.1, -0.05) is 29.3 Å². The summed E-state index contributed by atoms with van der Waals surface area (Å²) in [5, 5.41) is 3.23. The summed E-state index contributed by atoms with van der Waals surface area (Å²) in [6.07, 6.45) is 0.836. The van der Waals surface area contributed by atoms with Crippen molar-refractivity contribution in [2.75, 3.05) is 13.7 Å². The molecule has 1 aliphatic heterocycles. The Morgan fingerprint density at radius 1 is 1.15 bits per heavy atom. The van der Waals surface area contributed by atoms with E-state index in [0.717, 1.165) is 22.6 Å². The van der Waals surface area contributed by atoms with Crippen LogP contribution in [-0.2, 0) is 6.42 Å². The Hall–Kier alpha value is -2.01. The Labute approximate surface area is 172 Å². The van der Waals surface area contributed by atoms with Gasteiger partial charge < -0.3 is 9.64 Å². The maximum Gasteiger partial charge on any atom is 0.254 e. The smallest absolute Gasteiger partial charge is 0.254 e. The first-order chi connectivity index (χ1) is 13.1. The van der Waals surface area contributed by atoms with E-state index in [-0.39, 0.29) is 11.9 Å². The number of nitrogens with zero attached hydrogens (tertiary/aromatic N) is 1. The predicted octanol–water partition coefficient (Wildman–Crippen LogP) is 5.85. The van der Waals surface area contributed by atoms with Crippen LogP contribution < -0.4 is 4.74 Å². The second-order valence-corrected chi connectivity index (χ2v) is 8.15. The lowest BCUT2D eigenvalue weighted by Crippen LogP contribution is -2.40. The minimum Gasteiger partial charge on any atom is -0.497 e. The number of rotatable bonds is 3. The highest BCUT2D eigenvalue weighted by molar-refractivity contribution is 7.10. The van der Waals surface area contributed by atoms with E-state index in [2.05, 4.69) is 11.4 Å². The van der Waals surface area contributed by atoms with E-state index in [1.165, 1.54) is 5.56 Å². The molecule has 4 rings (SSSR count). The van der Waals surface area contributed by atoms with Gasteiger partial charge in [0.1, 0.15) is 5.75 Å². The van der Waals surface area contributed by atoms with E-state index in [1.807, 2.05) is 17.0 Å². The number of methoxy groups -OCH3 is 1. The topological polar surface area (TPSA) is 29.5 Å². The first-order valence-corrected chi connectivity index (χ1v) is 10.2. The van der Waals surface area contributed by atoms with Crippen molar-refractivity contribution < 1.29 is 9.53 Å². The summed E-state index contributed by atoms with van der Waals surface area (Å²) in [6.45, 7) is 0.637. The Kier molecular flexibility index (Phi) is 5.13. The molecule has 2 aromatic carbocycles. The molecule has 2 heterocycles. The molecule has 0 aliphatic carbocycles. The van der Waals surface area contributed by atoms with Crippen LogP contribution in [0.15, 0.2) is 53.9 Å². The third kappa shape index (κ3) is 3.45. The van der Waals surface area contributed by atoms with Crippen molar-refractivity contribution in [3.8, 4) is 5.75 Å². The van der Waals surface area contributed by atoms with Crippen molar-refractivity contribution in [1.82, 2.24) is 4.90 Å². The van der Waals surface area contributed by atoms with Crippen LogP contribution in [0, 0.1) is 0 Å². The van der Waals surface area contributed by atoms with Crippen LogP contribution in [0.2, 0.25) is 10.0 Å². The van der Waals surface area contributed by atoms with Crippen molar-refractivity contribution in [1.29, 1.82) is 0 Å². The predicted molar refractivity (Wildman–Crippen MR) is 110 cm³/mol. The highest BCUT2D eigenvalue weighted by Gasteiger charge is 2.34. The van der Waals surface area contributed by atoms with E-state index in [0.29, 0.717) is 22.2 Å². The molecule has 3 nitrogen and oxygen atoms in total. The fourth-order valence-electron chi connectivity index (χ4n) is 3.46.